The summed E-state index contributed by atoms with van der Waals surface area (Å²) in [5, 5.41) is 4.68. The minimum atomic E-state index is -0.402. The number of para-hydroxylation sites is 2. The number of nitrogens with one attached hydrogen (secondary N) is 2. The largest absolute Gasteiger partial charge is 0.317 e. The first-order chi connectivity index (χ1) is 12.0. The summed E-state index contributed by atoms with van der Waals surface area (Å²) in [4.78, 5) is 15.2. The van der Waals surface area contributed by atoms with E-state index in [1.807, 2.05) is 35.9 Å². The Morgan fingerprint density at radius 2 is 2.20 bits per heavy atom. The minimum Gasteiger partial charge on any atom is -0.272 e. The monoisotopic (exact) mass is 421 g/mol. The third kappa shape index (κ3) is 4.26. The second-order valence-electron chi connectivity index (χ2n) is 5.25. The number of aromatic amines is 1. The van der Waals surface area contributed by atoms with Gasteiger partial charge in [-0.25, -0.2) is 19.4 Å². The van der Waals surface area contributed by atoms with E-state index in [2.05, 4.69) is 31.4 Å². The van der Waals surface area contributed by atoms with Crippen molar-refractivity contribution in [3.05, 3.63) is 58.3 Å². The van der Waals surface area contributed by atoms with Crippen molar-refractivity contribution in [2.75, 3.05) is 5.75 Å². The van der Waals surface area contributed by atoms with Crippen LogP contribution < -0.4 is 9.99 Å². The van der Waals surface area contributed by atoms with Gasteiger partial charge in [0.15, 0.2) is 11.0 Å². The standard InChI is InChI=1S/C17H14BrFN4OS/c1-23-15-5-3-2-4-14(15)21-17(23)25-10-16(24)22-20-9-11-8-12(18)6-7-13(11)19/h2-9H,10H2,1H3,(H,22,24)/p+1. The van der Waals surface area contributed by atoms with Crippen LogP contribution in [-0.4, -0.2) is 22.9 Å². The molecule has 2 aromatic carbocycles. The fourth-order valence-electron chi connectivity index (χ4n) is 2.27. The summed E-state index contributed by atoms with van der Waals surface area (Å²) in [5.74, 6) is -0.477. The second-order valence-corrected chi connectivity index (χ2v) is 7.13. The average molecular weight is 422 g/mol. The van der Waals surface area contributed by atoms with E-state index >= 15 is 0 Å². The molecule has 25 heavy (non-hydrogen) atoms. The van der Waals surface area contributed by atoms with E-state index in [1.165, 1.54) is 24.0 Å². The van der Waals surface area contributed by atoms with Gasteiger partial charge in [0, 0.05) is 10.0 Å². The number of halogens is 2. The number of aromatic nitrogens is 2. The maximum Gasteiger partial charge on any atom is 0.317 e. The van der Waals surface area contributed by atoms with Gasteiger partial charge in [0.25, 0.3) is 5.91 Å². The van der Waals surface area contributed by atoms with Crippen LogP contribution >= 0.6 is 27.7 Å². The van der Waals surface area contributed by atoms with Crippen molar-refractivity contribution in [1.29, 1.82) is 0 Å². The van der Waals surface area contributed by atoms with Crippen molar-refractivity contribution in [3.8, 4) is 0 Å². The predicted molar refractivity (Wildman–Crippen MR) is 100 cm³/mol. The highest BCUT2D eigenvalue weighted by atomic mass is 79.9. The van der Waals surface area contributed by atoms with Gasteiger partial charge in [-0.2, -0.15) is 5.10 Å². The lowest BCUT2D eigenvalue weighted by molar-refractivity contribution is -0.683. The molecule has 0 radical (unpaired) electrons. The zero-order valence-corrected chi connectivity index (χ0v) is 15.7. The molecule has 0 bridgehead atoms. The number of rotatable bonds is 5. The molecule has 0 atom stereocenters. The first-order valence-corrected chi connectivity index (χ1v) is 9.19. The summed E-state index contributed by atoms with van der Waals surface area (Å²) in [6.45, 7) is 0. The van der Waals surface area contributed by atoms with E-state index in [-0.39, 0.29) is 11.7 Å². The Hall–Kier alpha value is -2.19. The van der Waals surface area contributed by atoms with Crippen LogP contribution in [0.4, 0.5) is 4.39 Å². The number of nitrogens with zero attached hydrogens (tertiary/aromatic N) is 2. The molecule has 0 aliphatic rings. The molecule has 5 nitrogen and oxygen atoms in total. The smallest absolute Gasteiger partial charge is 0.272 e. The summed E-state index contributed by atoms with van der Waals surface area (Å²) < 4.78 is 16.3. The summed E-state index contributed by atoms with van der Waals surface area (Å²) in [6.07, 6.45) is 1.28. The number of hydrazone groups is 1. The Labute approximate surface area is 156 Å². The Morgan fingerprint density at radius 1 is 1.40 bits per heavy atom. The molecule has 1 heterocycles. The van der Waals surface area contributed by atoms with Crippen molar-refractivity contribution in [2.24, 2.45) is 12.1 Å². The molecule has 3 rings (SSSR count). The average Bonchev–Trinajstić information content (AvgIpc) is 2.92. The van der Waals surface area contributed by atoms with Gasteiger partial charge >= 0.3 is 5.16 Å². The number of benzene rings is 2. The molecule has 2 N–H and O–H groups in total. The van der Waals surface area contributed by atoms with Gasteiger partial charge in [0.1, 0.15) is 5.82 Å². The fourth-order valence-corrected chi connectivity index (χ4v) is 3.45. The van der Waals surface area contributed by atoms with Crippen LogP contribution in [0.3, 0.4) is 0 Å². The molecule has 128 valence electrons. The summed E-state index contributed by atoms with van der Waals surface area (Å²) in [5.41, 5.74) is 4.78. The zero-order chi connectivity index (χ0) is 17.8. The molecule has 0 aliphatic carbocycles. The number of carbonyl (C=O) groups excluding carboxylic acids is 1. The summed E-state index contributed by atoms with van der Waals surface area (Å²) >= 11 is 4.64. The Kier molecular flexibility index (Phi) is 5.50. The van der Waals surface area contributed by atoms with Crippen LogP contribution in [0, 0.1) is 5.82 Å². The maximum atomic E-state index is 13.6. The molecule has 1 amide bonds. The Balaban J connectivity index is 1.58. The first kappa shape index (κ1) is 17.6. The number of aryl methyl sites for hydroxylation is 1. The highest BCUT2D eigenvalue weighted by Crippen LogP contribution is 2.17. The van der Waals surface area contributed by atoms with Crippen LogP contribution in [0.5, 0.6) is 0 Å². The van der Waals surface area contributed by atoms with Crippen LogP contribution in [0.2, 0.25) is 0 Å². The molecule has 0 unspecified atom stereocenters. The molecule has 0 fully saturated rings. The number of thioether (sulfide) groups is 1. The zero-order valence-electron chi connectivity index (χ0n) is 13.3. The van der Waals surface area contributed by atoms with Crippen LogP contribution in [0.25, 0.3) is 11.0 Å². The summed E-state index contributed by atoms with van der Waals surface area (Å²) in [7, 11) is 1.94. The van der Waals surface area contributed by atoms with E-state index in [1.54, 1.807) is 12.1 Å². The third-order valence-electron chi connectivity index (χ3n) is 3.50. The van der Waals surface area contributed by atoms with Crippen molar-refractivity contribution >= 4 is 50.8 Å². The molecule has 0 aliphatic heterocycles. The second kappa shape index (κ2) is 7.79. The van der Waals surface area contributed by atoms with Gasteiger partial charge in [-0.05, 0) is 42.1 Å². The molecular weight excluding hydrogens is 407 g/mol. The van der Waals surface area contributed by atoms with Gasteiger partial charge in [-0.1, -0.05) is 28.1 Å². The first-order valence-electron chi connectivity index (χ1n) is 7.41. The topological polar surface area (TPSA) is 61.1 Å². The summed E-state index contributed by atoms with van der Waals surface area (Å²) in [6, 6.07) is 12.4. The predicted octanol–water partition coefficient (Wildman–Crippen LogP) is 3.14. The van der Waals surface area contributed by atoms with E-state index in [0.29, 0.717) is 5.56 Å². The van der Waals surface area contributed by atoms with E-state index < -0.39 is 5.82 Å². The van der Waals surface area contributed by atoms with Gasteiger partial charge < -0.3 is 0 Å². The quantitative estimate of drug-likeness (QED) is 0.287. The highest BCUT2D eigenvalue weighted by Gasteiger charge is 2.16. The normalized spacial score (nSPS) is 11.3. The molecular formula is C17H15BrFN4OS+. The number of hydrogen-bond donors (Lipinski definition) is 2. The highest BCUT2D eigenvalue weighted by molar-refractivity contribution is 9.10. The van der Waals surface area contributed by atoms with Crippen molar-refractivity contribution in [3.63, 3.8) is 0 Å². The Bertz CT molecular complexity index is 957. The van der Waals surface area contributed by atoms with Gasteiger partial charge in [0.05, 0.1) is 19.0 Å². The van der Waals surface area contributed by atoms with Crippen LogP contribution in [0.15, 0.2) is 57.2 Å². The Morgan fingerprint density at radius 3 is 3.00 bits per heavy atom. The molecule has 0 spiro atoms. The lowest BCUT2D eigenvalue weighted by Gasteiger charge is -1.99. The van der Waals surface area contributed by atoms with Gasteiger partial charge in [0.2, 0.25) is 0 Å². The lowest BCUT2D eigenvalue weighted by atomic mass is 10.2. The van der Waals surface area contributed by atoms with Crippen LogP contribution in [-0.2, 0) is 11.8 Å². The van der Waals surface area contributed by atoms with Gasteiger partial charge in [-0.3, -0.25) is 4.79 Å². The maximum absolute atomic E-state index is 13.6. The lowest BCUT2D eigenvalue weighted by Crippen LogP contribution is -2.30. The van der Waals surface area contributed by atoms with E-state index in [9.17, 15) is 9.18 Å². The number of fused-ring (bicyclic) bond motifs is 1. The molecule has 1 aromatic heterocycles. The number of hydrogen-bond acceptors (Lipinski definition) is 3. The molecule has 0 saturated heterocycles. The van der Waals surface area contributed by atoms with Crippen LogP contribution in [0.1, 0.15) is 5.56 Å². The number of carbonyl (C=O) groups is 1. The van der Waals surface area contributed by atoms with E-state index in [4.69, 9.17) is 0 Å². The SMILES string of the molecule is C[n+]1c(SCC(=O)NN=Cc2cc(Br)ccc2F)[nH]c2ccccc21. The van der Waals surface area contributed by atoms with Gasteiger partial charge in [-0.15, -0.1) is 0 Å². The molecule has 0 saturated carbocycles. The third-order valence-corrected chi connectivity index (χ3v) is 5.05. The van der Waals surface area contributed by atoms with E-state index in [0.717, 1.165) is 20.7 Å². The van der Waals surface area contributed by atoms with Crippen molar-refractivity contribution < 1.29 is 13.8 Å². The molecule has 3 aromatic rings. The number of amides is 1. The number of imidazole rings is 1. The molecule has 8 heteroatoms. The van der Waals surface area contributed by atoms with Crippen molar-refractivity contribution in [1.82, 2.24) is 10.4 Å². The minimum absolute atomic E-state index is 0.193. The number of H-pyrrole nitrogens is 1. The fraction of sp³-hybridized carbons (Fsp3) is 0.118. The van der Waals surface area contributed by atoms with Crippen molar-refractivity contribution in [2.45, 2.75) is 5.16 Å².